The lowest BCUT2D eigenvalue weighted by atomic mass is 10.0. The maximum absolute atomic E-state index is 2.56. The van der Waals surface area contributed by atoms with Gasteiger partial charge in [-0.05, 0) is 23.2 Å². The van der Waals surface area contributed by atoms with Crippen LogP contribution < -0.4 is 0 Å². The monoisotopic (exact) mass is 280 g/mol. The summed E-state index contributed by atoms with van der Waals surface area (Å²) in [6.07, 6.45) is 0. The van der Waals surface area contributed by atoms with Crippen molar-refractivity contribution in [3.63, 3.8) is 0 Å². The molecule has 0 aromatic heterocycles. The normalized spacial score (nSPS) is 17.0. The van der Waals surface area contributed by atoms with Crippen LogP contribution in [0.2, 0.25) is 0 Å². The van der Waals surface area contributed by atoms with E-state index in [4.69, 9.17) is 0 Å². The molecule has 2 heteroatoms. The molecule has 2 aromatic rings. The molecule has 1 fully saturated rings. The van der Waals surface area contributed by atoms with Gasteiger partial charge >= 0.3 is 0 Å². The standard InChI is InChI=1S/C19H24N2/c1-2-20-12-14-21(15-13-20)16-17-8-10-19(11-9-17)18-6-4-3-5-7-18/h3-11H,2,12-16H2,1H3. The summed E-state index contributed by atoms with van der Waals surface area (Å²) >= 11 is 0. The van der Waals surface area contributed by atoms with Crippen molar-refractivity contribution in [1.82, 2.24) is 9.80 Å². The minimum absolute atomic E-state index is 1.08. The van der Waals surface area contributed by atoms with Gasteiger partial charge < -0.3 is 4.90 Å². The van der Waals surface area contributed by atoms with Crippen molar-refractivity contribution >= 4 is 0 Å². The first-order chi connectivity index (χ1) is 10.3. The lowest BCUT2D eigenvalue weighted by molar-refractivity contribution is 0.132. The first kappa shape index (κ1) is 14.3. The van der Waals surface area contributed by atoms with Gasteiger partial charge in [0, 0.05) is 32.7 Å². The van der Waals surface area contributed by atoms with Crippen LogP contribution in [0.15, 0.2) is 54.6 Å². The average molecular weight is 280 g/mol. The maximum Gasteiger partial charge on any atom is 0.0234 e. The zero-order valence-electron chi connectivity index (χ0n) is 12.8. The smallest absolute Gasteiger partial charge is 0.0234 e. The summed E-state index contributed by atoms with van der Waals surface area (Å²) in [7, 11) is 0. The van der Waals surface area contributed by atoms with Crippen LogP contribution in [0.5, 0.6) is 0 Å². The molecule has 21 heavy (non-hydrogen) atoms. The Labute approximate surface area is 128 Å². The van der Waals surface area contributed by atoms with Crippen molar-refractivity contribution in [2.45, 2.75) is 13.5 Å². The fourth-order valence-corrected chi connectivity index (χ4v) is 2.96. The Kier molecular flexibility index (Phi) is 4.69. The van der Waals surface area contributed by atoms with E-state index in [9.17, 15) is 0 Å². The Morgan fingerprint density at radius 1 is 0.714 bits per heavy atom. The third-order valence-corrected chi connectivity index (χ3v) is 4.38. The maximum atomic E-state index is 2.56. The largest absolute Gasteiger partial charge is 0.301 e. The van der Waals surface area contributed by atoms with Crippen molar-refractivity contribution in [2.75, 3.05) is 32.7 Å². The summed E-state index contributed by atoms with van der Waals surface area (Å²) in [5, 5.41) is 0. The molecule has 0 N–H and O–H groups in total. The Morgan fingerprint density at radius 2 is 1.29 bits per heavy atom. The summed E-state index contributed by atoms with van der Waals surface area (Å²) in [5.74, 6) is 0. The zero-order chi connectivity index (χ0) is 14.5. The molecule has 0 atom stereocenters. The third-order valence-electron chi connectivity index (χ3n) is 4.38. The van der Waals surface area contributed by atoms with Crippen LogP contribution in [0.1, 0.15) is 12.5 Å². The first-order valence-electron chi connectivity index (χ1n) is 7.94. The number of hydrogen-bond acceptors (Lipinski definition) is 2. The van der Waals surface area contributed by atoms with Gasteiger partial charge in [0.15, 0.2) is 0 Å². The number of hydrogen-bond donors (Lipinski definition) is 0. The number of rotatable bonds is 4. The van der Waals surface area contributed by atoms with Crippen molar-refractivity contribution in [3.05, 3.63) is 60.2 Å². The molecule has 0 saturated carbocycles. The van der Waals surface area contributed by atoms with Gasteiger partial charge in [0.2, 0.25) is 0 Å². The van der Waals surface area contributed by atoms with E-state index < -0.39 is 0 Å². The molecular weight excluding hydrogens is 256 g/mol. The molecule has 1 aliphatic rings. The lowest BCUT2D eigenvalue weighted by Crippen LogP contribution is -2.45. The van der Waals surface area contributed by atoms with E-state index in [0.717, 1.165) is 6.54 Å². The van der Waals surface area contributed by atoms with E-state index in [2.05, 4.69) is 71.3 Å². The Morgan fingerprint density at radius 3 is 1.90 bits per heavy atom. The van der Waals surface area contributed by atoms with Gasteiger partial charge in [-0.2, -0.15) is 0 Å². The van der Waals surface area contributed by atoms with Gasteiger partial charge in [-0.1, -0.05) is 61.5 Å². The summed E-state index contributed by atoms with van der Waals surface area (Å²) < 4.78 is 0. The molecule has 0 radical (unpaired) electrons. The molecule has 2 nitrogen and oxygen atoms in total. The Balaban J connectivity index is 1.60. The predicted octanol–water partition coefficient (Wildman–Crippen LogP) is 3.49. The molecule has 0 aliphatic carbocycles. The Hall–Kier alpha value is -1.64. The van der Waals surface area contributed by atoms with Crippen LogP contribution >= 0.6 is 0 Å². The van der Waals surface area contributed by atoms with Crippen LogP contribution in [0.4, 0.5) is 0 Å². The molecule has 1 aliphatic heterocycles. The molecule has 1 saturated heterocycles. The van der Waals surface area contributed by atoms with Gasteiger partial charge in [0.1, 0.15) is 0 Å². The van der Waals surface area contributed by atoms with E-state index >= 15 is 0 Å². The molecule has 110 valence electrons. The molecule has 0 bridgehead atoms. The molecule has 2 aromatic carbocycles. The fourth-order valence-electron chi connectivity index (χ4n) is 2.96. The van der Waals surface area contributed by atoms with E-state index in [1.807, 2.05) is 0 Å². The average Bonchev–Trinajstić information content (AvgIpc) is 2.57. The minimum atomic E-state index is 1.08. The van der Waals surface area contributed by atoms with Crippen molar-refractivity contribution < 1.29 is 0 Å². The van der Waals surface area contributed by atoms with Gasteiger partial charge in [0.05, 0.1) is 0 Å². The van der Waals surface area contributed by atoms with Crippen LogP contribution in [0, 0.1) is 0 Å². The highest BCUT2D eigenvalue weighted by molar-refractivity contribution is 5.63. The van der Waals surface area contributed by atoms with Crippen LogP contribution in [0.3, 0.4) is 0 Å². The number of piperazine rings is 1. The molecule has 1 heterocycles. The summed E-state index contributed by atoms with van der Waals surface area (Å²) in [6.45, 7) is 9.30. The zero-order valence-corrected chi connectivity index (χ0v) is 12.8. The SMILES string of the molecule is CCN1CCN(Cc2ccc(-c3ccccc3)cc2)CC1. The first-order valence-corrected chi connectivity index (χ1v) is 7.94. The van der Waals surface area contributed by atoms with Gasteiger partial charge in [-0.15, -0.1) is 0 Å². The van der Waals surface area contributed by atoms with E-state index in [-0.39, 0.29) is 0 Å². The minimum Gasteiger partial charge on any atom is -0.301 e. The second kappa shape index (κ2) is 6.88. The van der Waals surface area contributed by atoms with Crippen LogP contribution in [-0.4, -0.2) is 42.5 Å². The highest BCUT2D eigenvalue weighted by atomic mass is 15.3. The predicted molar refractivity (Wildman–Crippen MR) is 89.3 cm³/mol. The molecular formula is C19H24N2. The molecule has 0 spiro atoms. The quantitative estimate of drug-likeness (QED) is 0.846. The number of likely N-dealkylation sites (N-methyl/N-ethyl adjacent to an activating group) is 1. The van der Waals surface area contributed by atoms with E-state index in [0.29, 0.717) is 0 Å². The molecule has 0 amide bonds. The van der Waals surface area contributed by atoms with Gasteiger partial charge in [-0.3, -0.25) is 4.90 Å². The number of benzene rings is 2. The van der Waals surface area contributed by atoms with Crippen LogP contribution in [-0.2, 0) is 6.54 Å². The van der Waals surface area contributed by atoms with Gasteiger partial charge in [0.25, 0.3) is 0 Å². The summed E-state index contributed by atoms with van der Waals surface area (Å²) in [5.41, 5.74) is 4.01. The van der Waals surface area contributed by atoms with Gasteiger partial charge in [-0.25, -0.2) is 0 Å². The summed E-state index contributed by atoms with van der Waals surface area (Å²) in [6, 6.07) is 19.6. The molecule has 3 rings (SSSR count). The van der Waals surface area contributed by atoms with Crippen molar-refractivity contribution in [1.29, 1.82) is 0 Å². The second-order valence-electron chi connectivity index (χ2n) is 5.77. The third kappa shape index (κ3) is 3.72. The summed E-state index contributed by atoms with van der Waals surface area (Å²) in [4.78, 5) is 5.08. The Bertz CT molecular complexity index is 540. The van der Waals surface area contributed by atoms with Crippen molar-refractivity contribution in [2.24, 2.45) is 0 Å². The highest BCUT2D eigenvalue weighted by Gasteiger charge is 2.15. The molecule has 0 unspecified atom stereocenters. The van der Waals surface area contributed by atoms with Crippen LogP contribution in [0.25, 0.3) is 11.1 Å². The fraction of sp³-hybridized carbons (Fsp3) is 0.368. The van der Waals surface area contributed by atoms with E-state index in [1.54, 1.807) is 0 Å². The lowest BCUT2D eigenvalue weighted by Gasteiger charge is -2.34. The highest BCUT2D eigenvalue weighted by Crippen LogP contribution is 2.20. The second-order valence-corrected chi connectivity index (χ2v) is 5.77. The van der Waals surface area contributed by atoms with E-state index in [1.165, 1.54) is 49.4 Å². The number of nitrogens with zero attached hydrogens (tertiary/aromatic N) is 2. The topological polar surface area (TPSA) is 6.48 Å². The van der Waals surface area contributed by atoms with Crippen molar-refractivity contribution in [3.8, 4) is 11.1 Å².